The Morgan fingerprint density at radius 3 is 2.43 bits per heavy atom. The number of primary amides is 1. The number of phenols is 1. The minimum atomic E-state index is -4.03. The van der Waals surface area contributed by atoms with E-state index in [2.05, 4.69) is 0 Å². The van der Waals surface area contributed by atoms with Crippen LogP contribution in [0.2, 0.25) is 0 Å². The van der Waals surface area contributed by atoms with Crippen LogP contribution in [0.3, 0.4) is 0 Å². The second-order valence-corrected chi connectivity index (χ2v) is 5.02. The number of nitrogens with two attached hydrogens (primary N) is 1. The maximum atomic E-state index is 10.9. The quantitative estimate of drug-likeness (QED) is 0.726. The molecular formula is C7H6ClNO4S. The molecule has 0 unspecified atom stereocenters. The molecule has 0 aromatic heterocycles. The highest BCUT2D eigenvalue weighted by molar-refractivity contribution is 8.13. The van der Waals surface area contributed by atoms with Crippen molar-refractivity contribution < 1.29 is 18.3 Å². The van der Waals surface area contributed by atoms with Crippen molar-refractivity contribution in [3.05, 3.63) is 23.8 Å². The van der Waals surface area contributed by atoms with Gasteiger partial charge in [-0.05, 0) is 18.2 Å². The Morgan fingerprint density at radius 1 is 1.43 bits per heavy atom. The summed E-state index contributed by atoms with van der Waals surface area (Å²) >= 11 is 0. The molecule has 0 aliphatic rings. The van der Waals surface area contributed by atoms with E-state index in [0.29, 0.717) is 0 Å². The van der Waals surface area contributed by atoms with Gasteiger partial charge >= 0.3 is 0 Å². The van der Waals surface area contributed by atoms with Crippen LogP contribution in [0.5, 0.6) is 5.75 Å². The fourth-order valence-corrected chi connectivity index (χ4v) is 1.98. The molecule has 0 heterocycles. The minimum Gasteiger partial charge on any atom is -0.508 e. The molecule has 0 aliphatic carbocycles. The monoisotopic (exact) mass is 235 g/mol. The average molecular weight is 236 g/mol. The van der Waals surface area contributed by atoms with Crippen LogP contribution in [0.4, 0.5) is 0 Å². The van der Waals surface area contributed by atoms with Crippen molar-refractivity contribution in [1.29, 1.82) is 0 Å². The van der Waals surface area contributed by atoms with E-state index in [4.69, 9.17) is 21.5 Å². The summed E-state index contributed by atoms with van der Waals surface area (Å²) in [6, 6.07) is 3.05. The third kappa shape index (κ3) is 2.15. The molecule has 1 amide bonds. The second kappa shape index (κ2) is 3.47. The van der Waals surface area contributed by atoms with E-state index >= 15 is 0 Å². The fraction of sp³-hybridized carbons (Fsp3) is 0. The van der Waals surface area contributed by atoms with Gasteiger partial charge < -0.3 is 10.8 Å². The van der Waals surface area contributed by atoms with E-state index in [1.54, 1.807) is 0 Å². The van der Waals surface area contributed by atoms with Gasteiger partial charge in [0.1, 0.15) is 5.75 Å². The van der Waals surface area contributed by atoms with Gasteiger partial charge in [-0.2, -0.15) is 0 Å². The number of aromatic hydroxyl groups is 1. The highest BCUT2D eigenvalue weighted by Gasteiger charge is 2.19. The Bertz CT molecular complexity index is 482. The summed E-state index contributed by atoms with van der Waals surface area (Å²) in [4.78, 5) is 10.4. The molecule has 0 saturated carbocycles. The van der Waals surface area contributed by atoms with Crippen LogP contribution < -0.4 is 5.73 Å². The molecule has 0 radical (unpaired) electrons. The van der Waals surface area contributed by atoms with Crippen LogP contribution in [0.1, 0.15) is 10.4 Å². The number of hydrogen-bond acceptors (Lipinski definition) is 4. The van der Waals surface area contributed by atoms with Gasteiger partial charge in [-0.1, -0.05) is 0 Å². The normalized spacial score (nSPS) is 11.2. The molecule has 0 spiro atoms. The van der Waals surface area contributed by atoms with E-state index in [-0.39, 0.29) is 11.3 Å². The first kappa shape index (κ1) is 10.8. The van der Waals surface area contributed by atoms with Crippen LogP contribution in [0.15, 0.2) is 23.1 Å². The van der Waals surface area contributed by atoms with Gasteiger partial charge in [0.15, 0.2) is 0 Å². The van der Waals surface area contributed by atoms with Gasteiger partial charge in [0.05, 0.1) is 10.5 Å². The molecular weight excluding hydrogens is 230 g/mol. The number of benzene rings is 1. The van der Waals surface area contributed by atoms with Crippen LogP contribution in [-0.4, -0.2) is 19.4 Å². The van der Waals surface area contributed by atoms with Crippen molar-refractivity contribution in [3.8, 4) is 5.75 Å². The molecule has 0 aliphatic heterocycles. The van der Waals surface area contributed by atoms with Crippen molar-refractivity contribution in [2.45, 2.75) is 4.90 Å². The van der Waals surface area contributed by atoms with Crippen molar-refractivity contribution in [2.75, 3.05) is 0 Å². The van der Waals surface area contributed by atoms with E-state index in [1.165, 1.54) is 0 Å². The van der Waals surface area contributed by atoms with Crippen LogP contribution in [-0.2, 0) is 9.05 Å². The summed E-state index contributed by atoms with van der Waals surface area (Å²) in [7, 11) is 1.01. The molecule has 1 aromatic rings. The third-order valence-electron chi connectivity index (χ3n) is 1.49. The molecule has 0 saturated heterocycles. The molecule has 76 valence electrons. The molecule has 1 rings (SSSR count). The molecule has 7 heteroatoms. The first-order valence-corrected chi connectivity index (χ1v) is 5.71. The topological polar surface area (TPSA) is 97.5 Å². The lowest BCUT2D eigenvalue weighted by Crippen LogP contribution is -2.14. The van der Waals surface area contributed by atoms with E-state index in [1.807, 2.05) is 0 Å². The number of carbonyl (C=O) groups is 1. The molecule has 0 bridgehead atoms. The smallest absolute Gasteiger partial charge is 0.262 e. The molecule has 0 atom stereocenters. The van der Waals surface area contributed by atoms with Gasteiger partial charge in [0.2, 0.25) is 5.91 Å². The molecule has 5 nitrogen and oxygen atoms in total. The van der Waals surface area contributed by atoms with Crippen LogP contribution in [0.25, 0.3) is 0 Å². The van der Waals surface area contributed by atoms with Gasteiger partial charge in [0, 0.05) is 10.7 Å². The Kier molecular flexibility index (Phi) is 2.68. The maximum absolute atomic E-state index is 10.9. The number of hydrogen-bond donors (Lipinski definition) is 2. The van der Waals surface area contributed by atoms with Crippen molar-refractivity contribution in [1.82, 2.24) is 0 Å². The number of halogens is 1. The molecule has 14 heavy (non-hydrogen) atoms. The fourth-order valence-electron chi connectivity index (χ4n) is 0.923. The zero-order chi connectivity index (χ0) is 10.9. The second-order valence-electron chi connectivity index (χ2n) is 2.48. The summed E-state index contributed by atoms with van der Waals surface area (Å²) in [5.41, 5.74) is 4.57. The lowest BCUT2D eigenvalue weighted by molar-refractivity contribution is 0.0997. The number of amides is 1. The SMILES string of the molecule is NC(=O)c1cc(O)ccc1S(=O)(=O)Cl. The number of phenolic OH excluding ortho intramolecular Hbond substituents is 1. The Balaban J connectivity index is 3.53. The van der Waals surface area contributed by atoms with Crippen LogP contribution in [0, 0.1) is 0 Å². The summed E-state index contributed by atoms with van der Waals surface area (Å²) in [5.74, 6) is -1.23. The minimum absolute atomic E-state index is 0.261. The average Bonchev–Trinajstić information content (AvgIpc) is 2.01. The summed E-state index contributed by atoms with van der Waals surface area (Å²) in [5, 5.41) is 9.01. The van der Waals surface area contributed by atoms with Crippen molar-refractivity contribution in [3.63, 3.8) is 0 Å². The lowest BCUT2D eigenvalue weighted by Gasteiger charge is -2.02. The number of carbonyl (C=O) groups excluding carboxylic acids is 1. The summed E-state index contributed by atoms with van der Waals surface area (Å²) < 4.78 is 21.9. The first-order valence-electron chi connectivity index (χ1n) is 3.40. The van der Waals surface area contributed by atoms with Crippen LogP contribution >= 0.6 is 10.7 Å². The highest BCUT2D eigenvalue weighted by Crippen LogP contribution is 2.23. The maximum Gasteiger partial charge on any atom is 0.262 e. The Hall–Kier alpha value is -1.27. The summed E-state index contributed by atoms with van der Waals surface area (Å²) in [6.45, 7) is 0. The predicted octanol–water partition coefficient (Wildman–Crippen LogP) is 0.419. The van der Waals surface area contributed by atoms with Crippen molar-refractivity contribution in [2.24, 2.45) is 5.73 Å². The van der Waals surface area contributed by atoms with E-state index < -0.39 is 19.9 Å². The van der Waals surface area contributed by atoms with E-state index in [0.717, 1.165) is 18.2 Å². The van der Waals surface area contributed by atoms with Crippen molar-refractivity contribution >= 4 is 25.6 Å². The van der Waals surface area contributed by atoms with E-state index in [9.17, 15) is 13.2 Å². The summed E-state index contributed by atoms with van der Waals surface area (Å²) in [6.07, 6.45) is 0. The first-order chi connectivity index (χ1) is 6.32. The standard InChI is InChI=1S/C7H6ClNO4S/c8-14(12,13)6-2-1-4(10)3-5(6)7(9)11/h1-3,10H,(H2,9,11). The zero-order valence-corrected chi connectivity index (χ0v) is 8.34. The Morgan fingerprint density at radius 2 is 2.00 bits per heavy atom. The predicted molar refractivity (Wildman–Crippen MR) is 49.7 cm³/mol. The molecule has 3 N–H and O–H groups in total. The zero-order valence-electron chi connectivity index (χ0n) is 6.77. The van der Waals surface area contributed by atoms with Gasteiger partial charge in [-0.15, -0.1) is 0 Å². The van der Waals surface area contributed by atoms with Gasteiger partial charge in [-0.25, -0.2) is 8.42 Å². The lowest BCUT2D eigenvalue weighted by atomic mass is 10.2. The van der Waals surface area contributed by atoms with Gasteiger partial charge in [-0.3, -0.25) is 4.79 Å². The Labute approximate surface area is 84.5 Å². The third-order valence-corrected chi connectivity index (χ3v) is 2.87. The largest absolute Gasteiger partial charge is 0.508 e. The highest BCUT2D eigenvalue weighted by atomic mass is 35.7. The number of rotatable bonds is 2. The molecule has 1 aromatic carbocycles. The molecule has 0 fully saturated rings. The van der Waals surface area contributed by atoms with Gasteiger partial charge in [0.25, 0.3) is 9.05 Å².